The van der Waals surface area contributed by atoms with Crippen LogP contribution in [0, 0.1) is 5.41 Å². The summed E-state index contributed by atoms with van der Waals surface area (Å²) in [5, 5.41) is 8.18. The molecule has 1 aliphatic carbocycles. The Hall–Kier alpha value is -2.49. The lowest BCUT2D eigenvalue weighted by atomic mass is 9.99. The number of fused-ring (bicyclic) bond motifs is 1. The highest BCUT2D eigenvalue weighted by atomic mass is 35.5. The SMILES string of the molecule is CN1C(=O)[C@H](NC(=O)C(C)(C)NC(=O)C2(C(F)(F)F)CC2)CNc2ccc(Cl)cc21. The van der Waals surface area contributed by atoms with E-state index in [-0.39, 0.29) is 19.4 Å². The number of nitrogens with zero attached hydrogens (tertiary/aromatic N) is 1. The van der Waals surface area contributed by atoms with Crippen molar-refractivity contribution in [3.63, 3.8) is 0 Å². The van der Waals surface area contributed by atoms with Crippen LogP contribution in [0.5, 0.6) is 0 Å². The summed E-state index contributed by atoms with van der Waals surface area (Å²) in [6, 6.07) is 3.95. The van der Waals surface area contributed by atoms with Gasteiger partial charge in [0.25, 0.3) is 5.91 Å². The van der Waals surface area contributed by atoms with Gasteiger partial charge in [0.05, 0.1) is 11.4 Å². The number of alkyl halides is 3. The number of hydrogen-bond donors (Lipinski definition) is 3. The summed E-state index contributed by atoms with van der Waals surface area (Å²) in [7, 11) is 1.52. The molecule has 3 N–H and O–H groups in total. The van der Waals surface area contributed by atoms with Crippen LogP contribution in [-0.4, -0.2) is 49.1 Å². The third-order valence-electron chi connectivity index (χ3n) is 5.47. The van der Waals surface area contributed by atoms with Crippen molar-refractivity contribution in [1.82, 2.24) is 10.6 Å². The monoisotopic (exact) mass is 446 g/mol. The molecule has 7 nitrogen and oxygen atoms in total. The first-order valence-corrected chi connectivity index (χ1v) is 9.67. The molecule has 1 fully saturated rings. The number of likely N-dealkylation sites (N-methyl/N-ethyl adjacent to an activating group) is 1. The van der Waals surface area contributed by atoms with E-state index in [1.807, 2.05) is 0 Å². The van der Waals surface area contributed by atoms with Crippen molar-refractivity contribution in [2.75, 3.05) is 23.8 Å². The highest BCUT2D eigenvalue weighted by Crippen LogP contribution is 2.57. The molecule has 1 aliphatic heterocycles. The predicted octanol–water partition coefficient (Wildman–Crippen LogP) is 2.45. The molecule has 1 saturated carbocycles. The van der Waals surface area contributed by atoms with Crippen LogP contribution in [-0.2, 0) is 14.4 Å². The van der Waals surface area contributed by atoms with E-state index in [1.165, 1.54) is 25.8 Å². The van der Waals surface area contributed by atoms with E-state index >= 15 is 0 Å². The second kappa shape index (κ2) is 7.33. The van der Waals surface area contributed by atoms with Crippen molar-refractivity contribution < 1.29 is 27.6 Å². The number of benzene rings is 1. The van der Waals surface area contributed by atoms with E-state index in [0.717, 1.165) is 0 Å². The maximum atomic E-state index is 13.2. The lowest BCUT2D eigenvalue weighted by molar-refractivity contribution is -0.193. The van der Waals surface area contributed by atoms with E-state index in [9.17, 15) is 27.6 Å². The van der Waals surface area contributed by atoms with Gasteiger partial charge in [-0.25, -0.2) is 0 Å². The quantitative estimate of drug-likeness (QED) is 0.662. The van der Waals surface area contributed by atoms with Gasteiger partial charge in [-0.3, -0.25) is 14.4 Å². The number of hydrogen-bond acceptors (Lipinski definition) is 4. The first-order chi connectivity index (χ1) is 13.8. The Bertz CT molecular complexity index is 900. The van der Waals surface area contributed by atoms with Crippen LogP contribution in [0.4, 0.5) is 24.5 Å². The number of amides is 3. The number of halogens is 4. The Balaban J connectivity index is 1.71. The van der Waals surface area contributed by atoms with Crippen LogP contribution in [0.2, 0.25) is 5.02 Å². The molecule has 0 radical (unpaired) electrons. The summed E-state index contributed by atoms with van der Waals surface area (Å²) in [6.45, 7) is 2.64. The fourth-order valence-electron chi connectivity index (χ4n) is 3.26. The van der Waals surface area contributed by atoms with Gasteiger partial charge in [-0.1, -0.05) is 11.6 Å². The maximum absolute atomic E-state index is 13.2. The standard InChI is InChI=1S/C19H22ClF3N4O3/c1-17(2,26-16(30)18(6-7-18)19(21,22)23)15(29)25-12-9-24-11-5-4-10(20)8-13(11)27(3)14(12)28/h4-5,8,12,24H,6-7,9H2,1-3H3,(H,25,29)(H,26,30)/t12-/m1/s1. The Morgan fingerprint density at radius 3 is 2.47 bits per heavy atom. The van der Waals surface area contributed by atoms with Gasteiger partial charge in [-0.2, -0.15) is 13.2 Å². The minimum Gasteiger partial charge on any atom is -0.381 e. The molecule has 164 valence electrons. The summed E-state index contributed by atoms with van der Waals surface area (Å²) < 4.78 is 39.5. The number of nitrogens with one attached hydrogen (secondary N) is 3. The molecule has 0 saturated heterocycles. The molecule has 2 aliphatic rings. The molecular formula is C19H22ClF3N4O3. The lowest BCUT2D eigenvalue weighted by Gasteiger charge is -2.30. The Morgan fingerprint density at radius 1 is 1.27 bits per heavy atom. The van der Waals surface area contributed by atoms with E-state index in [2.05, 4.69) is 16.0 Å². The number of anilines is 2. The van der Waals surface area contributed by atoms with Crippen molar-refractivity contribution >= 4 is 40.7 Å². The molecular weight excluding hydrogens is 425 g/mol. The molecule has 11 heteroatoms. The van der Waals surface area contributed by atoms with Gasteiger partial charge in [-0.15, -0.1) is 0 Å². The Labute approximate surface area is 176 Å². The van der Waals surface area contributed by atoms with E-state index < -0.39 is 40.9 Å². The average molecular weight is 447 g/mol. The summed E-state index contributed by atoms with van der Waals surface area (Å²) >= 11 is 5.99. The van der Waals surface area contributed by atoms with Crippen molar-refractivity contribution in [2.45, 2.75) is 44.4 Å². The number of carbonyl (C=O) groups is 3. The average Bonchev–Trinajstić information content (AvgIpc) is 3.46. The van der Waals surface area contributed by atoms with Crippen LogP contribution in [0.25, 0.3) is 0 Å². The van der Waals surface area contributed by atoms with Gasteiger partial charge in [0, 0.05) is 18.6 Å². The van der Waals surface area contributed by atoms with Gasteiger partial charge in [-0.05, 0) is 44.9 Å². The molecule has 1 atom stereocenters. The van der Waals surface area contributed by atoms with Gasteiger partial charge in [0.1, 0.15) is 17.0 Å². The minimum atomic E-state index is -4.68. The van der Waals surface area contributed by atoms with E-state index in [0.29, 0.717) is 16.4 Å². The lowest BCUT2D eigenvalue weighted by Crippen LogP contribution is -2.61. The third-order valence-corrected chi connectivity index (χ3v) is 5.71. The van der Waals surface area contributed by atoms with Gasteiger partial charge in [0.15, 0.2) is 0 Å². The molecule has 0 spiro atoms. The second-order valence-electron chi connectivity index (χ2n) is 8.12. The summed E-state index contributed by atoms with van der Waals surface area (Å²) in [5.41, 5.74) is -2.93. The molecule has 0 aromatic heterocycles. The molecule has 30 heavy (non-hydrogen) atoms. The smallest absolute Gasteiger partial charge is 0.381 e. The third kappa shape index (κ3) is 3.92. The Morgan fingerprint density at radius 2 is 1.90 bits per heavy atom. The number of rotatable bonds is 4. The van der Waals surface area contributed by atoms with Crippen molar-refractivity contribution in [2.24, 2.45) is 5.41 Å². The normalized spacial score (nSPS) is 20.6. The fraction of sp³-hybridized carbons (Fsp3) is 0.526. The highest BCUT2D eigenvalue weighted by molar-refractivity contribution is 6.31. The molecule has 1 aromatic rings. The molecule has 0 bridgehead atoms. The van der Waals surface area contributed by atoms with Crippen LogP contribution in [0.15, 0.2) is 18.2 Å². The summed E-state index contributed by atoms with van der Waals surface area (Å²) in [5.74, 6) is -2.45. The molecule has 1 heterocycles. The van der Waals surface area contributed by atoms with E-state index in [4.69, 9.17) is 11.6 Å². The zero-order chi connectivity index (χ0) is 22.5. The fourth-order valence-corrected chi connectivity index (χ4v) is 3.43. The summed E-state index contributed by atoms with van der Waals surface area (Å²) in [6.07, 6.45) is -5.30. The Kier molecular flexibility index (Phi) is 5.43. The second-order valence-corrected chi connectivity index (χ2v) is 8.56. The largest absolute Gasteiger partial charge is 0.403 e. The zero-order valence-corrected chi connectivity index (χ0v) is 17.4. The first-order valence-electron chi connectivity index (χ1n) is 9.30. The van der Waals surface area contributed by atoms with Crippen LogP contribution in [0.3, 0.4) is 0 Å². The van der Waals surface area contributed by atoms with E-state index in [1.54, 1.807) is 18.2 Å². The van der Waals surface area contributed by atoms with Crippen molar-refractivity contribution in [1.29, 1.82) is 0 Å². The van der Waals surface area contributed by atoms with Gasteiger partial charge >= 0.3 is 6.18 Å². The topological polar surface area (TPSA) is 90.5 Å². The number of carbonyl (C=O) groups excluding carboxylic acids is 3. The molecule has 3 rings (SSSR count). The molecule has 0 unspecified atom stereocenters. The molecule has 3 amide bonds. The van der Waals surface area contributed by atoms with Crippen LogP contribution in [0.1, 0.15) is 26.7 Å². The van der Waals surface area contributed by atoms with Crippen molar-refractivity contribution in [3.8, 4) is 0 Å². The minimum absolute atomic E-state index is 0.0556. The van der Waals surface area contributed by atoms with Crippen LogP contribution >= 0.6 is 11.6 Å². The summed E-state index contributed by atoms with van der Waals surface area (Å²) in [4.78, 5) is 39.1. The molecule has 1 aromatic carbocycles. The van der Waals surface area contributed by atoms with Crippen molar-refractivity contribution in [3.05, 3.63) is 23.2 Å². The maximum Gasteiger partial charge on any atom is 0.403 e. The highest BCUT2D eigenvalue weighted by Gasteiger charge is 2.69. The zero-order valence-electron chi connectivity index (χ0n) is 16.6. The predicted molar refractivity (Wildman–Crippen MR) is 105 cm³/mol. The van der Waals surface area contributed by atoms with Gasteiger partial charge in [0.2, 0.25) is 11.8 Å². The first kappa shape index (κ1) is 22.2. The van der Waals surface area contributed by atoms with Gasteiger partial charge < -0.3 is 20.9 Å². The van der Waals surface area contributed by atoms with Crippen LogP contribution < -0.4 is 20.9 Å².